The Balaban J connectivity index is 1.36. The zero-order valence-corrected chi connectivity index (χ0v) is 20.8. The topological polar surface area (TPSA) is 102 Å². The van der Waals surface area contributed by atoms with Crippen LogP contribution in [0.25, 0.3) is 11.8 Å². The molecule has 198 valence electrons. The Morgan fingerprint density at radius 1 is 1.00 bits per heavy atom. The number of ether oxygens (including phenoxy) is 1. The van der Waals surface area contributed by atoms with Gasteiger partial charge in [0.05, 0.1) is 11.9 Å². The van der Waals surface area contributed by atoms with Gasteiger partial charge in [0, 0.05) is 42.8 Å². The maximum absolute atomic E-state index is 15.1. The van der Waals surface area contributed by atoms with E-state index in [9.17, 15) is 14.0 Å². The first-order valence-electron chi connectivity index (χ1n) is 12.3. The monoisotopic (exact) mass is 529 g/mol. The molecular formula is C29H25F2N5O3. The number of carbonyl (C=O) groups is 1. The number of nitrogens with zero attached hydrogens (tertiary/aromatic N) is 3. The van der Waals surface area contributed by atoms with Gasteiger partial charge in [0.25, 0.3) is 11.5 Å². The first-order chi connectivity index (χ1) is 18.9. The van der Waals surface area contributed by atoms with Gasteiger partial charge >= 0.3 is 0 Å². The lowest BCUT2D eigenvalue weighted by atomic mass is 10.2. The van der Waals surface area contributed by atoms with Crippen LogP contribution in [0, 0.1) is 11.6 Å². The van der Waals surface area contributed by atoms with Crippen molar-refractivity contribution in [1.29, 1.82) is 0 Å². The Hall–Kier alpha value is -4.99. The molecule has 39 heavy (non-hydrogen) atoms. The van der Waals surface area contributed by atoms with Crippen molar-refractivity contribution < 1.29 is 18.3 Å². The molecule has 1 aliphatic heterocycles. The minimum absolute atomic E-state index is 0.0709. The summed E-state index contributed by atoms with van der Waals surface area (Å²) < 4.78 is 35.4. The summed E-state index contributed by atoms with van der Waals surface area (Å²) in [6.45, 7) is 1.82. The number of carbonyl (C=O) groups excluding carboxylic acids is 1. The molecule has 8 nitrogen and oxygen atoms in total. The summed E-state index contributed by atoms with van der Waals surface area (Å²) in [5.41, 5.74) is 6.63. The molecule has 10 heteroatoms. The van der Waals surface area contributed by atoms with Crippen molar-refractivity contribution >= 4 is 23.4 Å². The van der Waals surface area contributed by atoms with Crippen LogP contribution in [0.1, 0.15) is 28.9 Å². The minimum Gasteiger partial charge on any atom is -0.452 e. The molecular weight excluding hydrogens is 504 g/mol. The molecule has 1 saturated heterocycles. The van der Waals surface area contributed by atoms with Gasteiger partial charge in [0.2, 0.25) is 0 Å². The Labute approximate surface area is 223 Å². The molecule has 1 amide bonds. The Bertz CT molecular complexity index is 1600. The van der Waals surface area contributed by atoms with Gasteiger partial charge in [0.1, 0.15) is 17.1 Å². The molecule has 0 saturated carbocycles. The average molecular weight is 530 g/mol. The van der Waals surface area contributed by atoms with Gasteiger partial charge in [0.15, 0.2) is 17.3 Å². The highest BCUT2D eigenvalue weighted by molar-refractivity contribution is 6.04. The number of pyridine rings is 2. The van der Waals surface area contributed by atoms with Crippen molar-refractivity contribution in [2.24, 2.45) is 5.73 Å². The van der Waals surface area contributed by atoms with Crippen LogP contribution in [-0.4, -0.2) is 28.5 Å². The van der Waals surface area contributed by atoms with Crippen LogP contribution in [0.4, 0.5) is 20.2 Å². The fourth-order valence-corrected chi connectivity index (χ4v) is 4.34. The van der Waals surface area contributed by atoms with Crippen LogP contribution in [0.2, 0.25) is 0 Å². The third-order valence-electron chi connectivity index (χ3n) is 6.30. The molecule has 0 unspecified atom stereocenters. The lowest BCUT2D eigenvalue weighted by molar-refractivity contribution is 0.102. The SMILES string of the molecule is NC=Cc1ncc(N2CCCC2)cc1Oc1ccc(NC(=O)c2cccn(-c3ccc(F)cc3)c2=O)cc1F. The maximum Gasteiger partial charge on any atom is 0.267 e. The third-order valence-corrected chi connectivity index (χ3v) is 6.30. The van der Waals surface area contributed by atoms with Crippen molar-refractivity contribution in [2.75, 3.05) is 23.3 Å². The zero-order valence-electron chi connectivity index (χ0n) is 20.8. The number of anilines is 2. The van der Waals surface area contributed by atoms with Gasteiger partial charge in [-0.15, -0.1) is 0 Å². The van der Waals surface area contributed by atoms with Crippen molar-refractivity contribution in [2.45, 2.75) is 12.8 Å². The quantitative estimate of drug-likeness (QED) is 0.346. The van der Waals surface area contributed by atoms with E-state index < -0.39 is 23.1 Å². The summed E-state index contributed by atoms with van der Waals surface area (Å²) in [7, 11) is 0. The molecule has 0 radical (unpaired) electrons. The van der Waals surface area contributed by atoms with Crippen LogP contribution in [0.15, 0.2) is 84.1 Å². The average Bonchev–Trinajstić information content (AvgIpc) is 3.47. The van der Waals surface area contributed by atoms with Gasteiger partial charge in [-0.1, -0.05) is 0 Å². The van der Waals surface area contributed by atoms with Crippen molar-refractivity contribution in [3.05, 3.63) is 113 Å². The normalized spacial score (nSPS) is 13.1. The number of nitrogens with two attached hydrogens (primary N) is 1. The number of amides is 1. The maximum atomic E-state index is 15.1. The molecule has 0 spiro atoms. The van der Waals surface area contributed by atoms with Gasteiger partial charge in [-0.3, -0.25) is 19.1 Å². The molecule has 1 aliphatic rings. The number of hydrogen-bond donors (Lipinski definition) is 2. The largest absolute Gasteiger partial charge is 0.452 e. The number of benzene rings is 2. The number of hydrogen-bond acceptors (Lipinski definition) is 6. The van der Waals surface area contributed by atoms with Gasteiger partial charge in [-0.25, -0.2) is 8.78 Å². The van der Waals surface area contributed by atoms with Crippen LogP contribution in [0.3, 0.4) is 0 Å². The van der Waals surface area contributed by atoms with Crippen molar-refractivity contribution in [3.8, 4) is 17.2 Å². The number of nitrogens with one attached hydrogen (secondary N) is 1. The molecule has 3 N–H and O–H groups in total. The summed E-state index contributed by atoms with van der Waals surface area (Å²) in [6.07, 6.45) is 8.27. The molecule has 4 aromatic rings. The second kappa shape index (κ2) is 11.2. The first-order valence-corrected chi connectivity index (χ1v) is 12.3. The zero-order chi connectivity index (χ0) is 27.4. The van der Waals surface area contributed by atoms with E-state index in [1.54, 1.807) is 18.3 Å². The molecule has 3 heterocycles. The summed E-state index contributed by atoms with van der Waals surface area (Å²) in [5, 5.41) is 2.54. The fourth-order valence-electron chi connectivity index (χ4n) is 4.34. The standard InChI is InChI=1S/C29H25F2N5O3/c30-19-5-8-21(9-6-19)36-15-3-4-23(29(36)38)28(37)34-20-7-10-26(24(31)16-20)39-27-17-22(35-13-1-2-14-35)18-33-25(27)11-12-32/h3-12,15-18H,1-2,13-14,32H2,(H,34,37). The Kier molecular flexibility index (Phi) is 7.35. The minimum atomic E-state index is -0.723. The highest BCUT2D eigenvalue weighted by Gasteiger charge is 2.18. The lowest BCUT2D eigenvalue weighted by Gasteiger charge is -2.19. The van der Waals surface area contributed by atoms with Crippen LogP contribution in [-0.2, 0) is 0 Å². The summed E-state index contributed by atoms with van der Waals surface area (Å²) >= 11 is 0. The molecule has 0 atom stereocenters. The molecule has 1 fully saturated rings. The van der Waals surface area contributed by atoms with Crippen LogP contribution >= 0.6 is 0 Å². The van der Waals surface area contributed by atoms with E-state index in [1.165, 1.54) is 65.5 Å². The summed E-state index contributed by atoms with van der Waals surface area (Å²) in [6, 6.07) is 13.9. The summed E-state index contributed by atoms with van der Waals surface area (Å²) in [4.78, 5) is 32.4. The molecule has 2 aromatic carbocycles. The lowest BCUT2D eigenvalue weighted by Crippen LogP contribution is -2.27. The van der Waals surface area contributed by atoms with E-state index in [0.29, 0.717) is 17.1 Å². The van der Waals surface area contributed by atoms with Crippen molar-refractivity contribution in [1.82, 2.24) is 9.55 Å². The smallest absolute Gasteiger partial charge is 0.267 e. The van der Waals surface area contributed by atoms with E-state index in [2.05, 4.69) is 15.2 Å². The third kappa shape index (κ3) is 5.64. The van der Waals surface area contributed by atoms with E-state index >= 15 is 4.39 Å². The number of aromatic nitrogens is 2. The number of rotatable bonds is 7. The summed E-state index contributed by atoms with van der Waals surface area (Å²) in [5.74, 6) is -1.63. The van der Waals surface area contributed by atoms with E-state index in [0.717, 1.165) is 37.7 Å². The molecule has 2 aromatic heterocycles. The highest BCUT2D eigenvalue weighted by atomic mass is 19.1. The second-order valence-electron chi connectivity index (χ2n) is 8.90. The van der Waals surface area contributed by atoms with Crippen LogP contribution in [0.5, 0.6) is 11.5 Å². The molecule has 0 aliphatic carbocycles. The van der Waals surface area contributed by atoms with E-state index in [4.69, 9.17) is 10.5 Å². The predicted molar refractivity (Wildman–Crippen MR) is 145 cm³/mol. The molecule has 0 bridgehead atoms. The van der Waals surface area contributed by atoms with Gasteiger partial charge in [-0.05, 0) is 73.6 Å². The van der Waals surface area contributed by atoms with Crippen LogP contribution < -0.4 is 26.2 Å². The highest BCUT2D eigenvalue weighted by Crippen LogP contribution is 2.32. The Morgan fingerprint density at radius 2 is 1.77 bits per heavy atom. The van der Waals surface area contributed by atoms with Crippen molar-refractivity contribution in [3.63, 3.8) is 0 Å². The molecule has 5 rings (SSSR count). The number of halogens is 2. The van der Waals surface area contributed by atoms with Gasteiger partial charge < -0.3 is 20.7 Å². The predicted octanol–water partition coefficient (Wildman–Crippen LogP) is 5.08. The Morgan fingerprint density at radius 3 is 2.49 bits per heavy atom. The van der Waals surface area contributed by atoms with E-state index in [-0.39, 0.29) is 17.0 Å². The first kappa shape index (κ1) is 25.7. The van der Waals surface area contributed by atoms with E-state index in [1.807, 2.05) is 0 Å². The van der Waals surface area contributed by atoms with Gasteiger partial charge in [-0.2, -0.15) is 0 Å². The second-order valence-corrected chi connectivity index (χ2v) is 8.90. The fraction of sp³-hybridized carbons (Fsp3) is 0.138.